The SMILES string of the molecule is CCCN1CCC(NC(=NC)NCc2ccccc2-c2ccc(Cn3ccnc3)cc2)CC1.I. The largest absolute Gasteiger partial charge is 0.354 e. The number of nitrogens with one attached hydrogen (secondary N) is 2. The van der Waals surface area contributed by atoms with Crippen LogP contribution in [0.4, 0.5) is 0 Å². The van der Waals surface area contributed by atoms with E-state index in [4.69, 9.17) is 0 Å². The van der Waals surface area contributed by atoms with Gasteiger partial charge >= 0.3 is 0 Å². The van der Waals surface area contributed by atoms with Crippen LogP contribution in [0, 0.1) is 0 Å². The number of hydrogen-bond donors (Lipinski definition) is 2. The monoisotopic (exact) mass is 572 g/mol. The van der Waals surface area contributed by atoms with Gasteiger partial charge in [-0.1, -0.05) is 55.5 Å². The molecule has 7 heteroatoms. The molecule has 4 rings (SSSR count). The van der Waals surface area contributed by atoms with Gasteiger partial charge in [-0.05, 0) is 48.1 Å². The van der Waals surface area contributed by atoms with Crippen molar-refractivity contribution in [2.45, 2.75) is 45.3 Å². The predicted octanol–water partition coefficient (Wildman–Crippen LogP) is 4.76. The van der Waals surface area contributed by atoms with Crippen LogP contribution in [0.15, 0.2) is 72.2 Å². The van der Waals surface area contributed by atoms with Gasteiger partial charge in [0.2, 0.25) is 0 Å². The Balaban J connectivity index is 0.00000324. The van der Waals surface area contributed by atoms with Crippen molar-refractivity contribution in [2.75, 3.05) is 26.7 Å². The number of piperidine rings is 1. The average molecular weight is 573 g/mol. The first kappa shape index (κ1) is 26.2. The van der Waals surface area contributed by atoms with Crippen LogP contribution in [0.25, 0.3) is 11.1 Å². The van der Waals surface area contributed by atoms with Crippen LogP contribution in [0.1, 0.15) is 37.3 Å². The Morgan fingerprint density at radius 1 is 1.09 bits per heavy atom. The number of aromatic nitrogens is 2. The molecule has 1 aliphatic heterocycles. The second-order valence-corrected chi connectivity index (χ2v) is 8.78. The van der Waals surface area contributed by atoms with E-state index in [1.165, 1.54) is 61.2 Å². The second-order valence-electron chi connectivity index (χ2n) is 8.78. The molecule has 3 aromatic rings. The number of rotatable bonds is 8. The van der Waals surface area contributed by atoms with Crippen LogP contribution in [-0.2, 0) is 13.1 Å². The molecule has 1 aliphatic rings. The maximum Gasteiger partial charge on any atom is 0.191 e. The smallest absolute Gasteiger partial charge is 0.191 e. The zero-order valence-electron chi connectivity index (χ0n) is 20.3. The lowest BCUT2D eigenvalue weighted by Crippen LogP contribution is -2.48. The number of guanidine groups is 1. The summed E-state index contributed by atoms with van der Waals surface area (Å²) in [6, 6.07) is 17.9. The van der Waals surface area contributed by atoms with Gasteiger partial charge in [0.1, 0.15) is 0 Å². The molecule has 2 aromatic carbocycles. The third-order valence-electron chi connectivity index (χ3n) is 6.34. The lowest BCUT2D eigenvalue weighted by Gasteiger charge is -2.32. The number of likely N-dealkylation sites (tertiary alicyclic amines) is 1. The normalized spacial score (nSPS) is 15.1. The molecular weight excluding hydrogens is 535 g/mol. The van der Waals surface area contributed by atoms with Crippen molar-refractivity contribution < 1.29 is 0 Å². The number of benzene rings is 2. The molecule has 1 aromatic heterocycles. The number of aliphatic imine (C=N–C) groups is 1. The van der Waals surface area contributed by atoms with Gasteiger partial charge in [-0.2, -0.15) is 0 Å². The van der Waals surface area contributed by atoms with E-state index in [9.17, 15) is 0 Å². The molecule has 0 aliphatic carbocycles. The van der Waals surface area contributed by atoms with Crippen LogP contribution in [0.5, 0.6) is 0 Å². The summed E-state index contributed by atoms with van der Waals surface area (Å²) in [6.07, 6.45) is 9.23. The van der Waals surface area contributed by atoms with Gasteiger partial charge in [0.05, 0.1) is 6.33 Å². The van der Waals surface area contributed by atoms with Crippen LogP contribution >= 0.6 is 24.0 Å². The van der Waals surface area contributed by atoms with Crippen molar-refractivity contribution in [3.05, 3.63) is 78.4 Å². The van der Waals surface area contributed by atoms with Gasteiger partial charge in [0.15, 0.2) is 5.96 Å². The van der Waals surface area contributed by atoms with Crippen molar-refractivity contribution in [3.63, 3.8) is 0 Å². The number of halogens is 1. The first-order valence-corrected chi connectivity index (χ1v) is 12.1. The Bertz CT molecular complexity index is 1010. The van der Waals surface area contributed by atoms with Crippen LogP contribution in [0.3, 0.4) is 0 Å². The maximum absolute atomic E-state index is 4.48. The highest BCUT2D eigenvalue weighted by Crippen LogP contribution is 2.24. The van der Waals surface area contributed by atoms with Crippen molar-refractivity contribution in [1.29, 1.82) is 0 Å². The van der Waals surface area contributed by atoms with E-state index in [-0.39, 0.29) is 24.0 Å². The van der Waals surface area contributed by atoms with Crippen molar-refractivity contribution >= 4 is 29.9 Å². The highest BCUT2D eigenvalue weighted by atomic mass is 127. The zero-order valence-corrected chi connectivity index (χ0v) is 22.6. The molecule has 1 saturated heterocycles. The average Bonchev–Trinajstić information content (AvgIpc) is 3.37. The number of hydrogen-bond acceptors (Lipinski definition) is 3. The standard InChI is InChI=1S/C27H36N6.HI/c1-3-15-32-16-12-25(13-17-32)31-27(28-2)30-19-24-6-4-5-7-26(24)23-10-8-22(9-11-23)20-33-18-14-29-21-33;/h4-11,14,18,21,25H,3,12-13,15-17,19-20H2,1-2H3,(H2,28,30,31);1H. The summed E-state index contributed by atoms with van der Waals surface area (Å²) in [7, 11) is 1.85. The van der Waals surface area contributed by atoms with E-state index < -0.39 is 0 Å². The molecule has 2 N–H and O–H groups in total. The summed E-state index contributed by atoms with van der Waals surface area (Å²) in [5.74, 6) is 0.884. The molecule has 0 spiro atoms. The minimum absolute atomic E-state index is 0. The molecule has 0 bridgehead atoms. The molecule has 0 radical (unpaired) electrons. The molecule has 182 valence electrons. The van der Waals surface area contributed by atoms with E-state index in [0.717, 1.165) is 19.0 Å². The summed E-state index contributed by atoms with van der Waals surface area (Å²) in [5, 5.41) is 7.17. The fourth-order valence-corrected chi connectivity index (χ4v) is 4.52. The Morgan fingerprint density at radius 2 is 1.85 bits per heavy atom. The molecule has 0 amide bonds. The summed E-state index contributed by atoms with van der Waals surface area (Å²) < 4.78 is 2.08. The third-order valence-corrected chi connectivity index (χ3v) is 6.34. The molecule has 1 fully saturated rings. The van der Waals surface area contributed by atoms with Gasteiger partial charge in [-0.15, -0.1) is 24.0 Å². The van der Waals surface area contributed by atoms with E-state index in [0.29, 0.717) is 6.04 Å². The Kier molecular flexibility index (Phi) is 10.4. The highest BCUT2D eigenvalue weighted by Gasteiger charge is 2.19. The zero-order chi connectivity index (χ0) is 22.9. The van der Waals surface area contributed by atoms with E-state index in [1.807, 2.05) is 25.8 Å². The van der Waals surface area contributed by atoms with E-state index in [2.05, 4.69) is 85.5 Å². The quantitative estimate of drug-likeness (QED) is 0.232. The molecule has 6 nitrogen and oxygen atoms in total. The second kappa shape index (κ2) is 13.5. The molecule has 0 unspecified atom stereocenters. The molecular formula is C27H37IN6. The van der Waals surface area contributed by atoms with Crippen molar-refractivity contribution in [2.24, 2.45) is 4.99 Å². The van der Waals surface area contributed by atoms with E-state index in [1.54, 1.807) is 0 Å². The third kappa shape index (κ3) is 7.30. The Hall–Kier alpha value is -2.39. The summed E-state index contributed by atoms with van der Waals surface area (Å²) >= 11 is 0. The maximum atomic E-state index is 4.48. The fraction of sp³-hybridized carbons (Fsp3) is 0.407. The first-order valence-electron chi connectivity index (χ1n) is 12.1. The highest BCUT2D eigenvalue weighted by molar-refractivity contribution is 14.0. The van der Waals surface area contributed by atoms with Crippen molar-refractivity contribution in [3.8, 4) is 11.1 Å². The first-order chi connectivity index (χ1) is 16.2. The molecule has 0 atom stereocenters. The van der Waals surface area contributed by atoms with Gasteiger partial charge in [0.25, 0.3) is 0 Å². The predicted molar refractivity (Wildman–Crippen MR) is 152 cm³/mol. The van der Waals surface area contributed by atoms with Crippen LogP contribution in [0.2, 0.25) is 0 Å². The number of nitrogens with zero attached hydrogens (tertiary/aromatic N) is 4. The van der Waals surface area contributed by atoms with Gasteiger partial charge < -0.3 is 20.1 Å². The Labute approximate surface area is 220 Å². The number of imidazole rings is 1. The van der Waals surface area contributed by atoms with Crippen molar-refractivity contribution in [1.82, 2.24) is 25.1 Å². The lowest BCUT2D eigenvalue weighted by atomic mass is 9.98. The summed E-state index contributed by atoms with van der Waals surface area (Å²) in [5.41, 5.74) is 5.01. The lowest BCUT2D eigenvalue weighted by molar-refractivity contribution is 0.206. The Morgan fingerprint density at radius 3 is 2.53 bits per heavy atom. The summed E-state index contributed by atoms with van der Waals surface area (Å²) in [6.45, 7) is 7.37. The summed E-state index contributed by atoms with van der Waals surface area (Å²) in [4.78, 5) is 11.2. The fourth-order valence-electron chi connectivity index (χ4n) is 4.52. The van der Waals surface area contributed by atoms with Gasteiger partial charge in [0, 0.05) is 51.7 Å². The topological polar surface area (TPSA) is 57.5 Å². The van der Waals surface area contributed by atoms with Gasteiger partial charge in [-0.25, -0.2) is 4.98 Å². The molecule has 34 heavy (non-hydrogen) atoms. The van der Waals surface area contributed by atoms with Crippen LogP contribution in [-0.4, -0.2) is 53.1 Å². The molecule has 0 saturated carbocycles. The van der Waals surface area contributed by atoms with Crippen LogP contribution < -0.4 is 10.6 Å². The minimum atomic E-state index is 0. The molecule has 2 heterocycles. The van der Waals surface area contributed by atoms with E-state index >= 15 is 0 Å². The van der Waals surface area contributed by atoms with Gasteiger partial charge in [-0.3, -0.25) is 4.99 Å². The minimum Gasteiger partial charge on any atom is -0.354 e.